The summed E-state index contributed by atoms with van der Waals surface area (Å²) < 4.78 is 0. The first-order valence-corrected chi connectivity index (χ1v) is 11.5. The number of nitrogens with zero attached hydrogens (tertiary/aromatic N) is 5. The number of nitrogens with one attached hydrogen (secondary N) is 2. The number of likely N-dealkylation sites (N-methyl/N-ethyl adjacent to an activating group) is 1. The lowest BCUT2D eigenvalue weighted by Gasteiger charge is -2.11. The van der Waals surface area contributed by atoms with E-state index in [1.807, 2.05) is 57.6 Å². The van der Waals surface area contributed by atoms with Gasteiger partial charge in [-0.3, -0.25) is 15.1 Å². The van der Waals surface area contributed by atoms with E-state index >= 15 is 0 Å². The predicted molar refractivity (Wildman–Crippen MR) is 143 cm³/mol. The quantitative estimate of drug-likeness (QED) is 0.306. The summed E-state index contributed by atoms with van der Waals surface area (Å²) in [6.45, 7) is 6.82. The van der Waals surface area contributed by atoms with Gasteiger partial charge in [0.15, 0.2) is 5.65 Å². The molecule has 5 aromatic rings. The predicted octanol–water partition coefficient (Wildman–Crippen LogP) is 5.64. The van der Waals surface area contributed by atoms with Crippen LogP contribution in [0.2, 0.25) is 0 Å². The number of hydrogen-bond donors (Lipinski definition) is 2. The smallest absolute Gasteiger partial charge is 0.181 e. The van der Waals surface area contributed by atoms with Crippen LogP contribution in [0.3, 0.4) is 0 Å². The van der Waals surface area contributed by atoms with E-state index in [1.165, 1.54) is 0 Å². The molecular weight excluding hydrogens is 434 g/mol. The molecule has 5 aromatic heterocycles. The topological polar surface area (TPSA) is 86.4 Å². The molecule has 0 aliphatic rings. The van der Waals surface area contributed by atoms with Crippen molar-refractivity contribution < 1.29 is 0 Å². The molecule has 0 unspecified atom stereocenters. The molecule has 0 saturated heterocycles. The first kappa shape index (κ1) is 22.4. The zero-order valence-electron chi connectivity index (χ0n) is 20.1. The SMILES string of the molecule is C=C/C(=C\C(=C/C)c1cnc2n[nH]c(-c3cc4c(-c5ccccn5)nccc4[nH]3)c2c1)CN(C)C. The van der Waals surface area contributed by atoms with Gasteiger partial charge in [-0.1, -0.05) is 30.9 Å². The number of aromatic amines is 2. The van der Waals surface area contributed by atoms with Gasteiger partial charge in [0, 0.05) is 47.0 Å². The number of aromatic nitrogens is 6. The molecule has 174 valence electrons. The summed E-state index contributed by atoms with van der Waals surface area (Å²) in [4.78, 5) is 19.3. The van der Waals surface area contributed by atoms with E-state index < -0.39 is 0 Å². The van der Waals surface area contributed by atoms with Gasteiger partial charge in [0.2, 0.25) is 0 Å². The molecule has 7 heteroatoms. The fraction of sp³-hybridized carbons (Fsp3) is 0.143. The highest BCUT2D eigenvalue weighted by atomic mass is 15.2. The number of pyridine rings is 3. The fourth-order valence-corrected chi connectivity index (χ4v) is 4.23. The van der Waals surface area contributed by atoms with Crippen LogP contribution < -0.4 is 0 Å². The van der Waals surface area contributed by atoms with E-state index in [4.69, 9.17) is 0 Å². The monoisotopic (exact) mass is 461 g/mol. The molecule has 35 heavy (non-hydrogen) atoms. The van der Waals surface area contributed by atoms with Crippen molar-refractivity contribution in [1.29, 1.82) is 0 Å². The van der Waals surface area contributed by atoms with Crippen molar-refractivity contribution in [1.82, 2.24) is 35.0 Å². The van der Waals surface area contributed by atoms with Gasteiger partial charge in [-0.25, -0.2) is 4.98 Å². The van der Waals surface area contributed by atoms with Crippen LogP contribution in [0.25, 0.3) is 50.3 Å². The second kappa shape index (κ2) is 9.48. The van der Waals surface area contributed by atoms with Crippen molar-refractivity contribution >= 4 is 27.5 Å². The van der Waals surface area contributed by atoms with Gasteiger partial charge in [-0.15, -0.1) is 0 Å². The first-order chi connectivity index (χ1) is 17.1. The highest BCUT2D eigenvalue weighted by Crippen LogP contribution is 2.33. The van der Waals surface area contributed by atoms with Gasteiger partial charge in [-0.05, 0) is 62.5 Å². The van der Waals surface area contributed by atoms with Gasteiger partial charge < -0.3 is 9.88 Å². The van der Waals surface area contributed by atoms with Crippen molar-refractivity contribution in [3.05, 3.63) is 90.9 Å². The van der Waals surface area contributed by atoms with Crippen molar-refractivity contribution in [2.75, 3.05) is 20.6 Å². The first-order valence-electron chi connectivity index (χ1n) is 11.5. The Balaban J connectivity index is 1.59. The standard InChI is InChI=1S/C28H27N7/c1-5-18(17-35(3)4)13-19(6-2)20-14-22-27(33-34-28(22)31-16-20)25-15-21-23(32-25)10-12-30-26(21)24-9-7-8-11-29-24/h5-16,32H,1,17H2,2-4H3,(H,31,33,34)/b18-13+,19-6+. The second-order valence-electron chi connectivity index (χ2n) is 8.62. The van der Waals surface area contributed by atoms with Crippen LogP contribution in [0.1, 0.15) is 12.5 Å². The maximum atomic E-state index is 4.62. The third kappa shape index (κ3) is 4.41. The lowest BCUT2D eigenvalue weighted by molar-refractivity contribution is 0.449. The van der Waals surface area contributed by atoms with Crippen LogP contribution in [-0.2, 0) is 0 Å². The van der Waals surface area contributed by atoms with Crippen LogP contribution in [0.5, 0.6) is 0 Å². The molecule has 0 saturated carbocycles. The Labute approximate surface area is 204 Å². The Bertz CT molecular complexity index is 1570. The zero-order chi connectivity index (χ0) is 24.4. The summed E-state index contributed by atoms with van der Waals surface area (Å²) in [5, 5.41) is 9.57. The van der Waals surface area contributed by atoms with Crippen molar-refractivity contribution in [2.45, 2.75) is 6.92 Å². The third-order valence-electron chi connectivity index (χ3n) is 5.88. The van der Waals surface area contributed by atoms with Crippen LogP contribution in [0, 0.1) is 0 Å². The molecule has 0 atom stereocenters. The normalized spacial score (nSPS) is 12.7. The molecule has 0 aliphatic heterocycles. The second-order valence-corrected chi connectivity index (χ2v) is 8.62. The van der Waals surface area contributed by atoms with Gasteiger partial charge in [0.25, 0.3) is 0 Å². The summed E-state index contributed by atoms with van der Waals surface area (Å²) in [6, 6.07) is 12.0. The van der Waals surface area contributed by atoms with Gasteiger partial charge in [0.1, 0.15) is 0 Å². The number of allylic oxidation sites excluding steroid dienone is 3. The van der Waals surface area contributed by atoms with Crippen molar-refractivity contribution in [2.24, 2.45) is 0 Å². The van der Waals surface area contributed by atoms with Gasteiger partial charge in [-0.2, -0.15) is 5.10 Å². The third-order valence-corrected chi connectivity index (χ3v) is 5.88. The molecule has 0 spiro atoms. The van der Waals surface area contributed by atoms with Crippen LogP contribution in [0.15, 0.2) is 85.4 Å². The highest BCUT2D eigenvalue weighted by molar-refractivity contribution is 5.99. The Hall–Kier alpha value is -4.36. The molecule has 0 amide bonds. The Morgan fingerprint density at radius 2 is 1.94 bits per heavy atom. The van der Waals surface area contributed by atoms with Crippen LogP contribution in [-0.4, -0.2) is 55.7 Å². The average molecular weight is 462 g/mol. The minimum atomic E-state index is 0.669. The summed E-state index contributed by atoms with van der Waals surface area (Å²) in [5.74, 6) is 0. The molecule has 5 rings (SSSR count). The average Bonchev–Trinajstić information content (AvgIpc) is 3.50. The number of rotatable bonds is 7. The summed E-state index contributed by atoms with van der Waals surface area (Å²) >= 11 is 0. The van der Waals surface area contributed by atoms with Gasteiger partial charge in [0.05, 0.1) is 22.8 Å². The van der Waals surface area contributed by atoms with E-state index in [2.05, 4.69) is 65.9 Å². The fourth-order valence-electron chi connectivity index (χ4n) is 4.23. The van der Waals surface area contributed by atoms with Crippen molar-refractivity contribution in [3.63, 3.8) is 0 Å². The number of fused-ring (bicyclic) bond motifs is 2. The molecule has 0 bridgehead atoms. The highest BCUT2D eigenvalue weighted by Gasteiger charge is 2.15. The number of H-pyrrole nitrogens is 2. The Morgan fingerprint density at radius 3 is 2.69 bits per heavy atom. The minimum Gasteiger partial charge on any atom is -0.353 e. The summed E-state index contributed by atoms with van der Waals surface area (Å²) in [5.41, 5.74) is 8.38. The summed E-state index contributed by atoms with van der Waals surface area (Å²) in [6.07, 6.45) is 11.6. The van der Waals surface area contributed by atoms with Gasteiger partial charge >= 0.3 is 0 Å². The molecule has 0 aromatic carbocycles. The van der Waals surface area contributed by atoms with E-state index in [-0.39, 0.29) is 0 Å². The lowest BCUT2D eigenvalue weighted by Crippen LogP contribution is -2.14. The zero-order valence-corrected chi connectivity index (χ0v) is 20.1. The van der Waals surface area contributed by atoms with Crippen molar-refractivity contribution in [3.8, 4) is 22.8 Å². The molecule has 0 fully saturated rings. The van der Waals surface area contributed by atoms with E-state index in [0.717, 1.165) is 62.3 Å². The van der Waals surface area contributed by atoms with E-state index in [1.54, 1.807) is 12.4 Å². The molecule has 0 aliphatic carbocycles. The largest absolute Gasteiger partial charge is 0.353 e. The van der Waals surface area contributed by atoms with Crippen LogP contribution >= 0.6 is 0 Å². The molecule has 7 nitrogen and oxygen atoms in total. The van der Waals surface area contributed by atoms with E-state index in [0.29, 0.717) is 5.65 Å². The maximum absolute atomic E-state index is 4.62. The Kier molecular flexibility index (Phi) is 6.08. The van der Waals surface area contributed by atoms with Crippen LogP contribution in [0.4, 0.5) is 0 Å². The molecular formula is C28H27N7. The minimum absolute atomic E-state index is 0.669. The Morgan fingerprint density at radius 1 is 1.06 bits per heavy atom. The molecule has 5 heterocycles. The lowest BCUT2D eigenvalue weighted by atomic mass is 10.0. The van der Waals surface area contributed by atoms with E-state index in [9.17, 15) is 0 Å². The molecule has 2 N–H and O–H groups in total. The summed E-state index contributed by atoms with van der Waals surface area (Å²) in [7, 11) is 4.10. The number of hydrogen-bond acceptors (Lipinski definition) is 5. The maximum Gasteiger partial charge on any atom is 0.181 e. The molecule has 0 radical (unpaired) electrons.